The number of aryl methyl sites for hydroxylation is 1. The molecule has 0 unspecified atom stereocenters. The molecule has 6 nitrogen and oxygen atoms in total. The van der Waals surface area contributed by atoms with Crippen molar-refractivity contribution in [1.29, 1.82) is 0 Å². The molecule has 0 bridgehead atoms. The Bertz CT molecular complexity index is 1130. The molecule has 146 valence electrons. The summed E-state index contributed by atoms with van der Waals surface area (Å²) in [6.45, 7) is 1.77. The van der Waals surface area contributed by atoms with Crippen molar-refractivity contribution in [2.75, 3.05) is 12.4 Å². The third-order valence-corrected chi connectivity index (χ3v) is 4.53. The SMILES string of the molecule is COc1ccc(NC(=O)c2c(C)nn(-c3ccc(F)cc3)c2-n2cccc2)cc1. The number of ether oxygens (including phenoxy) is 1. The molecule has 0 atom stereocenters. The van der Waals surface area contributed by atoms with Crippen LogP contribution in [-0.2, 0) is 0 Å². The molecule has 0 spiro atoms. The van der Waals surface area contributed by atoms with Crippen molar-refractivity contribution in [2.45, 2.75) is 6.92 Å². The normalized spacial score (nSPS) is 10.7. The minimum absolute atomic E-state index is 0.287. The maximum atomic E-state index is 13.4. The first-order valence-electron chi connectivity index (χ1n) is 9.01. The van der Waals surface area contributed by atoms with Gasteiger partial charge < -0.3 is 14.6 Å². The van der Waals surface area contributed by atoms with Gasteiger partial charge in [0.05, 0.1) is 18.5 Å². The second-order valence-electron chi connectivity index (χ2n) is 6.45. The molecule has 7 heteroatoms. The lowest BCUT2D eigenvalue weighted by Gasteiger charge is -2.11. The van der Waals surface area contributed by atoms with Gasteiger partial charge in [-0.3, -0.25) is 4.79 Å². The van der Waals surface area contributed by atoms with E-state index in [4.69, 9.17) is 4.74 Å². The molecular formula is C22H19FN4O2. The minimum atomic E-state index is -0.336. The van der Waals surface area contributed by atoms with Gasteiger partial charge in [0.25, 0.3) is 5.91 Å². The van der Waals surface area contributed by atoms with E-state index in [1.165, 1.54) is 12.1 Å². The minimum Gasteiger partial charge on any atom is -0.497 e. The Morgan fingerprint density at radius 2 is 1.69 bits per heavy atom. The van der Waals surface area contributed by atoms with Gasteiger partial charge in [0.1, 0.15) is 17.1 Å². The largest absolute Gasteiger partial charge is 0.497 e. The van der Waals surface area contributed by atoms with E-state index in [1.54, 1.807) is 55.1 Å². The number of amides is 1. The molecule has 1 N–H and O–H groups in total. The molecule has 0 radical (unpaired) electrons. The van der Waals surface area contributed by atoms with Crippen molar-refractivity contribution in [2.24, 2.45) is 0 Å². The number of aromatic nitrogens is 3. The molecule has 0 saturated carbocycles. The molecular weight excluding hydrogens is 371 g/mol. The first-order valence-corrected chi connectivity index (χ1v) is 9.01. The lowest BCUT2D eigenvalue weighted by molar-refractivity contribution is 0.102. The van der Waals surface area contributed by atoms with Gasteiger partial charge in [-0.15, -0.1) is 0 Å². The van der Waals surface area contributed by atoms with Gasteiger partial charge in [0.15, 0.2) is 5.82 Å². The number of hydrogen-bond acceptors (Lipinski definition) is 3. The zero-order valence-electron chi connectivity index (χ0n) is 16.0. The van der Waals surface area contributed by atoms with E-state index < -0.39 is 0 Å². The monoisotopic (exact) mass is 390 g/mol. The van der Waals surface area contributed by atoms with Crippen molar-refractivity contribution in [3.63, 3.8) is 0 Å². The zero-order valence-corrected chi connectivity index (χ0v) is 16.0. The predicted octanol–water partition coefficient (Wildman–Crippen LogP) is 4.37. The number of halogens is 1. The van der Waals surface area contributed by atoms with Crippen LogP contribution in [-0.4, -0.2) is 27.4 Å². The highest BCUT2D eigenvalue weighted by Crippen LogP contribution is 2.25. The molecule has 0 aliphatic carbocycles. The molecule has 0 aliphatic heterocycles. The lowest BCUT2D eigenvalue weighted by atomic mass is 10.2. The number of anilines is 1. The first kappa shape index (κ1) is 18.5. The van der Waals surface area contributed by atoms with Gasteiger partial charge in [-0.25, -0.2) is 9.07 Å². The topological polar surface area (TPSA) is 61.1 Å². The molecule has 0 fully saturated rings. The molecule has 1 amide bonds. The summed E-state index contributed by atoms with van der Waals surface area (Å²) in [5.41, 5.74) is 2.29. The van der Waals surface area contributed by atoms with Gasteiger partial charge in [0, 0.05) is 18.1 Å². The summed E-state index contributed by atoms with van der Waals surface area (Å²) in [5.74, 6) is 0.656. The van der Waals surface area contributed by atoms with Crippen molar-refractivity contribution in [3.8, 4) is 17.3 Å². The molecule has 2 aromatic heterocycles. The fraction of sp³-hybridized carbons (Fsp3) is 0.0909. The smallest absolute Gasteiger partial charge is 0.261 e. The van der Waals surface area contributed by atoms with E-state index in [0.29, 0.717) is 34.2 Å². The van der Waals surface area contributed by atoms with E-state index in [1.807, 2.05) is 29.1 Å². The van der Waals surface area contributed by atoms with Gasteiger partial charge in [-0.1, -0.05) is 0 Å². The maximum Gasteiger partial charge on any atom is 0.261 e. The molecule has 4 rings (SSSR count). The highest BCUT2D eigenvalue weighted by Gasteiger charge is 2.23. The second-order valence-corrected chi connectivity index (χ2v) is 6.45. The van der Waals surface area contributed by atoms with Crippen molar-refractivity contribution < 1.29 is 13.9 Å². The standard InChI is InChI=1S/C22H19FN4O2/c1-15-20(21(28)24-17-7-11-19(29-2)12-8-17)22(26-13-3-4-14-26)27(25-15)18-9-5-16(23)6-10-18/h3-14H,1-2H3,(H,24,28). The maximum absolute atomic E-state index is 13.4. The van der Waals surface area contributed by atoms with Gasteiger partial charge in [-0.05, 0) is 67.6 Å². The van der Waals surface area contributed by atoms with Crippen molar-refractivity contribution in [3.05, 3.63) is 90.1 Å². The molecule has 2 heterocycles. The summed E-state index contributed by atoms with van der Waals surface area (Å²) in [6.07, 6.45) is 3.67. The molecule has 4 aromatic rings. The van der Waals surface area contributed by atoms with Crippen LogP contribution in [0.5, 0.6) is 5.75 Å². The Hall–Kier alpha value is -3.87. The van der Waals surface area contributed by atoms with E-state index in [9.17, 15) is 9.18 Å². The predicted molar refractivity (Wildman–Crippen MR) is 109 cm³/mol. The number of nitrogens with zero attached hydrogens (tertiary/aromatic N) is 3. The van der Waals surface area contributed by atoms with Crippen LogP contribution in [0.1, 0.15) is 16.1 Å². The van der Waals surface area contributed by atoms with Crippen LogP contribution in [0.4, 0.5) is 10.1 Å². The van der Waals surface area contributed by atoms with Crippen LogP contribution < -0.4 is 10.1 Å². The number of benzene rings is 2. The van der Waals surface area contributed by atoms with Crippen molar-refractivity contribution >= 4 is 11.6 Å². The summed E-state index contributed by atoms with van der Waals surface area (Å²) in [6, 6.07) is 16.8. The summed E-state index contributed by atoms with van der Waals surface area (Å²) >= 11 is 0. The Labute approximate surface area is 167 Å². The molecule has 2 aromatic carbocycles. The Morgan fingerprint density at radius 1 is 1.03 bits per heavy atom. The van der Waals surface area contributed by atoms with E-state index >= 15 is 0 Å². The average Bonchev–Trinajstić information content (AvgIpc) is 3.36. The fourth-order valence-corrected chi connectivity index (χ4v) is 3.13. The fourth-order valence-electron chi connectivity index (χ4n) is 3.13. The highest BCUT2D eigenvalue weighted by molar-refractivity contribution is 6.07. The van der Waals surface area contributed by atoms with Crippen LogP contribution in [0.25, 0.3) is 11.5 Å². The Kier molecular flexibility index (Phi) is 4.87. The first-order chi connectivity index (χ1) is 14.1. The number of nitrogens with one attached hydrogen (secondary N) is 1. The van der Waals surface area contributed by atoms with Gasteiger partial charge in [0.2, 0.25) is 0 Å². The third-order valence-electron chi connectivity index (χ3n) is 4.53. The number of carbonyl (C=O) groups is 1. The van der Waals surface area contributed by atoms with E-state index in [0.717, 1.165) is 0 Å². The Morgan fingerprint density at radius 3 is 2.31 bits per heavy atom. The quantitative estimate of drug-likeness (QED) is 0.550. The highest BCUT2D eigenvalue weighted by atomic mass is 19.1. The van der Waals surface area contributed by atoms with Gasteiger partial charge in [-0.2, -0.15) is 5.10 Å². The van der Waals surface area contributed by atoms with E-state index in [2.05, 4.69) is 10.4 Å². The van der Waals surface area contributed by atoms with Crippen molar-refractivity contribution in [1.82, 2.24) is 14.3 Å². The zero-order chi connectivity index (χ0) is 20.4. The van der Waals surface area contributed by atoms with Crippen LogP contribution in [0.15, 0.2) is 73.1 Å². The molecule has 29 heavy (non-hydrogen) atoms. The summed E-state index contributed by atoms with van der Waals surface area (Å²) < 4.78 is 22.0. The molecule has 0 aliphatic rings. The van der Waals surface area contributed by atoms with Crippen LogP contribution in [0.2, 0.25) is 0 Å². The number of rotatable bonds is 5. The van der Waals surface area contributed by atoms with Crippen LogP contribution >= 0.6 is 0 Å². The number of carbonyl (C=O) groups excluding carboxylic acids is 1. The number of methoxy groups -OCH3 is 1. The summed E-state index contributed by atoms with van der Waals surface area (Å²) in [4.78, 5) is 13.1. The second kappa shape index (κ2) is 7.63. The van der Waals surface area contributed by atoms with Crippen LogP contribution in [0, 0.1) is 12.7 Å². The summed E-state index contributed by atoms with van der Waals surface area (Å²) in [7, 11) is 1.59. The van der Waals surface area contributed by atoms with Crippen LogP contribution in [0.3, 0.4) is 0 Å². The van der Waals surface area contributed by atoms with Gasteiger partial charge >= 0.3 is 0 Å². The third kappa shape index (κ3) is 3.62. The average molecular weight is 390 g/mol. The number of hydrogen-bond donors (Lipinski definition) is 1. The Balaban J connectivity index is 1.78. The molecule has 0 saturated heterocycles. The summed E-state index contributed by atoms with van der Waals surface area (Å²) in [5, 5.41) is 7.45. The lowest BCUT2D eigenvalue weighted by Crippen LogP contribution is -2.16. The van der Waals surface area contributed by atoms with E-state index in [-0.39, 0.29) is 11.7 Å².